The molecule has 0 radical (unpaired) electrons. The van der Waals surface area contributed by atoms with Crippen molar-refractivity contribution < 1.29 is 0 Å². The summed E-state index contributed by atoms with van der Waals surface area (Å²) in [6, 6.07) is 0. The third-order valence-corrected chi connectivity index (χ3v) is 3.35. The Balaban J connectivity index is 0. The van der Waals surface area contributed by atoms with Gasteiger partial charge in [-0.3, -0.25) is 0 Å². The SMILES string of the molecule is C=CCNCC=C.CCCCCC(P)CCCC. The molecule has 1 nitrogen and oxygen atoms in total. The summed E-state index contributed by atoms with van der Waals surface area (Å²) in [4.78, 5) is 0. The average Bonchev–Trinajstić information content (AvgIpc) is 2.38. The van der Waals surface area contributed by atoms with Gasteiger partial charge in [0.1, 0.15) is 0 Å². The molecule has 0 aliphatic carbocycles. The Labute approximate surface area is 118 Å². The van der Waals surface area contributed by atoms with Crippen molar-refractivity contribution in [3.63, 3.8) is 0 Å². The molecule has 0 aliphatic heterocycles. The first-order valence-corrected chi connectivity index (χ1v) is 8.07. The average molecular weight is 271 g/mol. The fourth-order valence-corrected chi connectivity index (χ4v) is 2.03. The van der Waals surface area contributed by atoms with Gasteiger partial charge in [0.25, 0.3) is 0 Å². The summed E-state index contributed by atoms with van der Waals surface area (Å²) in [6.07, 6.45) is 13.4. The van der Waals surface area contributed by atoms with Crippen molar-refractivity contribution in [3.05, 3.63) is 25.3 Å². The molecule has 0 aromatic rings. The predicted molar refractivity (Wildman–Crippen MR) is 90.4 cm³/mol. The van der Waals surface area contributed by atoms with E-state index >= 15 is 0 Å². The number of hydrogen-bond donors (Lipinski definition) is 1. The number of rotatable bonds is 11. The molecule has 2 unspecified atom stereocenters. The summed E-state index contributed by atoms with van der Waals surface area (Å²) in [5, 5.41) is 3.05. The lowest BCUT2D eigenvalue weighted by atomic mass is 10.1. The third kappa shape index (κ3) is 21.2. The Hall–Kier alpha value is -0.130. The minimum atomic E-state index is 0.867. The molecule has 1 N–H and O–H groups in total. The molecule has 2 heteroatoms. The lowest BCUT2D eigenvalue weighted by Crippen LogP contribution is -2.11. The second kappa shape index (κ2) is 19.2. The van der Waals surface area contributed by atoms with Gasteiger partial charge in [-0.25, -0.2) is 0 Å². The fourth-order valence-electron chi connectivity index (χ4n) is 1.55. The first-order valence-electron chi connectivity index (χ1n) is 7.40. The molecule has 0 fully saturated rings. The Kier molecular flexibility index (Phi) is 21.6. The van der Waals surface area contributed by atoms with Crippen LogP contribution in [-0.2, 0) is 0 Å². The van der Waals surface area contributed by atoms with Gasteiger partial charge in [-0.2, -0.15) is 0 Å². The van der Waals surface area contributed by atoms with Crippen LogP contribution in [0.15, 0.2) is 25.3 Å². The van der Waals surface area contributed by atoms with Crippen LogP contribution in [0.5, 0.6) is 0 Å². The van der Waals surface area contributed by atoms with Crippen molar-refractivity contribution in [1.29, 1.82) is 0 Å². The van der Waals surface area contributed by atoms with Crippen LogP contribution in [0.2, 0.25) is 0 Å². The first-order chi connectivity index (χ1) is 8.72. The molecule has 0 bridgehead atoms. The largest absolute Gasteiger partial charge is 0.310 e. The smallest absolute Gasteiger partial charge is 0.0135 e. The minimum Gasteiger partial charge on any atom is -0.310 e. The maximum atomic E-state index is 3.54. The standard InChI is InChI=1S/C10H23P.C6H11N/c1-3-5-7-9-10(11)8-6-4-2;1-3-5-7-6-4-2/h10H,3-9,11H2,1-2H3;3-4,7H,1-2,5-6H2. The topological polar surface area (TPSA) is 12.0 Å². The number of nitrogens with one attached hydrogen (secondary N) is 1. The summed E-state index contributed by atoms with van der Waals surface area (Å²) in [6.45, 7) is 13.3. The zero-order valence-electron chi connectivity index (χ0n) is 12.6. The van der Waals surface area contributed by atoms with E-state index in [1.807, 2.05) is 12.2 Å². The molecule has 0 aromatic carbocycles. The van der Waals surface area contributed by atoms with E-state index in [-0.39, 0.29) is 0 Å². The van der Waals surface area contributed by atoms with Crippen LogP contribution in [0.3, 0.4) is 0 Å². The molecule has 0 saturated heterocycles. The maximum Gasteiger partial charge on any atom is 0.0135 e. The summed E-state index contributed by atoms with van der Waals surface area (Å²) in [5.74, 6) is 0. The predicted octanol–water partition coefficient (Wildman–Crippen LogP) is 4.95. The summed E-state index contributed by atoms with van der Waals surface area (Å²) >= 11 is 0. The van der Waals surface area contributed by atoms with Crippen LogP contribution in [0, 0.1) is 0 Å². The van der Waals surface area contributed by atoms with Gasteiger partial charge in [-0.15, -0.1) is 22.4 Å². The normalized spacial score (nSPS) is 11.3. The van der Waals surface area contributed by atoms with Gasteiger partial charge in [0.05, 0.1) is 0 Å². The molecule has 0 aromatic heterocycles. The second-order valence-electron chi connectivity index (χ2n) is 4.63. The Morgan fingerprint density at radius 1 is 0.944 bits per heavy atom. The summed E-state index contributed by atoms with van der Waals surface area (Å²) in [7, 11) is 2.98. The molecule has 0 rings (SSSR count). The summed E-state index contributed by atoms with van der Waals surface area (Å²) < 4.78 is 0. The highest BCUT2D eigenvalue weighted by molar-refractivity contribution is 7.17. The van der Waals surface area contributed by atoms with Gasteiger partial charge in [0.15, 0.2) is 0 Å². The molecule has 2 atom stereocenters. The molecule has 0 saturated carbocycles. The van der Waals surface area contributed by atoms with E-state index < -0.39 is 0 Å². The Morgan fingerprint density at radius 2 is 1.44 bits per heavy atom. The molecule has 0 amide bonds. The number of unbranched alkanes of at least 4 members (excludes halogenated alkanes) is 3. The van der Waals surface area contributed by atoms with E-state index in [0.717, 1.165) is 18.7 Å². The minimum absolute atomic E-state index is 0.867. The van der Waals surface area contributed by atoms with Crippen molar-refractivity contribution >= 4 is 9.24 Å². The van der Waals surface area contributed by atoms with Crippen molar-refractivity contribution in [2.24, 2.45) is 0 Å². The monoisotopic (exact) mass is 271 g/mol. The van der Waals surface area contributed by atoms with E-state index in [4.69, 9.17) is 0 Å². The highest BCUT2D eigenvalue weighted by atomic mass is 31.0. The van der Waals surface area contributed by atoms with Crippen molar-refractivity contribution in [1.82, 2.24) is 5.32 Å². The number of hydrogen-bond acceptors (Lipinski definition) is 1. The van der Waals surface area contributed by atoms with E-state index in [0.29, 0.717) is 0 Å². The van der Waals surface area contributed by atoms with Crippen LogP contribution in [0.4, 0.5) is 0 Å². The molecule has 0 spiro atoms. The van der Waals surface area contributed by atoms with E-state index in [1.54, 1.807) is 0 Å². The lowest BCUT2D eigenvalue weighted by molar-refractivity contribution is 0.597. The third-order valence-electron chi connectivity index (χ3n) is 2.68. The van der Waals surface area contributed by atoms with Gasteiger partial charge < -0.3 is 5.32 Å². The maximum absolute atomic E-state index is 3.54. The molecule has 108 valence electrons. The molecular weight excluding hydrogens is 237 g/mol. The molecular formula is C16H34NP. The van der Waals surface area contributed by atoms with Crippen LogP contribution in [0.25, 0.3) is 0 Å². The first kappa shape index (κ1) is 20.2. The highest BCUT2D eigenvalue weighted by Gasteiger charge is 1.99. The van der Waals surface area contributed by atoms with Crippen LogP contribution >= 0.6 is 9.24 Å². The lowest BCUT2D eigenvalue weighted by Gasteiger charge is -2.08. The van der Waals surface area contributed by atoms with Crippen molar-refractivity contribution in [3.8, 4) is 0 Å². The van der Waals surface area contributed by atoms with Gasteiger partial charge in [0.2, 0.25) is 0 Å². The van der Waals surface area contributed by atoms with Crippen molar-refractivity contribution in [2.45, 2.75) is 64.5 Å². The highest BCUT2D eigenvalue weighted by Crippen LogP contribution is 2.17. The summed E-state index contributed by atoms with van der Waals surface area (Å²) in [5.41, 5.74) is 0.890. The van der Waals surface area contributed by atoms with E-state index in [1.165, 1.54) is 44.9 Å². The Bertz CT molecular complexity index is 160. The van der Waals surface area contributed by atoms with E-state index in [2.05, 4.69) is 41.6 Å². The Morgan fingerprint density at radius 3 is 1.89 bits per heavy atom. The van der Waals surface area contributed by atoms with Crippen molar-refractivity contribution in [2.75, 3.05) is 13.1 Å². The quantitative estimate of drug-likeness (QED) is 0.318. The van der Waals surface area contributed by atoms with Gasteiger partial charge in [-0.1, -0.05) is 58.1 Å². The molecule has 0 heterocycles. The van der Waals surface area contributed by atoms with Crippen LogP contribution in [-0.4, -0.2) is 18.7 Å². The van der Waals surface area contributed by atoms with E-state index in [9.17, 15) is 0 Å². The molecule has 18 heavy (non-hydrogen) atoms. The zero-order valence-corrected chi connectivity index (χ0v) is 13.7. The second-order valence-corrected chi connectivity index (χ2v) is 5.58. The van der Waals surface area contributed by atoms with Gasteiger partial charge in [0, 0.05) is 13.1 Å². The van der Waals surface area contributed by atoms with Crippen LogP contribution < -0.4 is 5.32 Å². The van der Waals surface area contributed by atoms with Crippen LogP contribution in [0.1, 0.15) is 58.8 Å². The zero-order chi connectivity index (χ0) is 14.1. The van der Waals surface area contributed by atoms with Gasteiger partial charge >= 0.3 is 0 Å². The molecule has 0 aliphatic rings. The fraction of sp³-hybridized carbons (Fsp3) is 0.750. The van der Waals surface area contributed by atoms with Gasteiger partial charge in [-0.05, 0) is 18.5 Å².